The SMILES string of the molecule is CCC[CH2][Sn]([CH2]CCC)([CH2]CCC)/[C](=C\C(=O)OC)[C@@H](NC(=O)OC)C(C)C. The minimum absolute atomic E-state index is 0.173. The van der Waals surface area contributed by atoms with Gasteiger partial charge < -0.3 is 0 Å². The summed E-state index contributed by atoms with van der Waals surface area (Å²) in [5.74, 6) is -0.131. The predicted molar refractivity (Wildman–Crippen MR) is 119 cm³/mol. The van der Waals surface area contributed by atoms with Crippen LogP contribution in [0.2, 0.25) is 13.3 Å². The molecule has 0 rings (SSSR count). The third-order valence-electron chi connectivity index (χ3n) is 5.57. The normalized spacial score (nSPS) is 13.4. The number of methoxy groups -OCH3 is 2. The first-order valence-electron chi connectivity index (χ1n) is 11.0. The summed E-state index contributed by atoms with van der Waals surface area (Å²) in [6, 6.07) is -0.173. The Kier molecular flexibility index (Phi) is 14.8. The number of carbonyl (C=O) groups is 2. The maximum atomic E-state index is 12.4. The summed E-state index contributed by atoms with van der Waals surface area (Å²) < 4.78 is 14.8. The minimum atomic E-state index is -2.94. The Morgan fingerprint density at radius 3 is 1.68 bits per heavy atom. The van der Waals surface area contributed by atoms with Gasteiger partial charge in [0.2, 0.25) is 0 Å². The molecule has 0 aliphatic heterocycles. The molecule has 0 aliphatic carbocycles. The zero-order chi connectivity index (χ0) is 21.6. The summed E-state index contributed by atoms with van der Waals surface area (Å²) in [6.45, 7) is 10.9. The maximum absolute atomic E-state index is 12.4. The van der Waals surface area contributed by atoms with Crippen LogP contribution in [0.3, 0.4) is 0 Å². The van der Waals surface area contributed by atoms with Crippen molar-refractivity contribution < 1.29 is 19.1 Å². The number of esters is 1. The molecule has 0 unspecified atom stereocenters. The van der Waals surface area contributed by atoms with E-state index in [1.807, 2.05) is 0 Å². The van der Waals surface area contributed by atoms with Gasteiger partial charge in [0.05, 0.1) is 0 Å². The van der Waals surface area contributed by atoms with Crippen LogP contribution in [0.25, 0.3) is 0 Å². The Morgan fingerprint density at radius 1 is 0.893 bits per heavy atom. The fourth-order valence-corrected chi connectivity index (χ4v) is 21.6. The van der Waals surface area contributed by atoms with E-state index in [1.54, 1.807) is 6.08 Å². The van der Waals surface area contributed by atoms with Crippen molar-refractivity contribution in [1.29, 1.82) is 0 Å². The Morgan fingerprint density at radius 2 is 1.36 bits per heavy atom. The fraction of sp³-hybridized carbons (Fsp3) is 0.818. The van der Waals surface area contributed by atoms with Gasteiger partial charge in [0, 0.05) is 0 Å². The van der Waals surface area contributed by atoms with E-state index in [-0.39, 0.29) is 17.9 Å². The molecule has 5 nitrogen and oxygen atoms in total. The molecule has 0 aliphatic rings. The molecule has 164 valence electrons. The summed E-state index contributed by atoms with van der Waals surface area (Å²) >= 11 is -2.94. The Bertz CT molecular complexity index is 469. The monoisotopic (exact) mass is 505 g/mol. The van der Waals surface area contributed by atoms with Crippen LogP contribution in [0.15, 0.2) is 9.67 Å². The Balaban J connectivity index is 6.39. The Labute approximate surface area is 176 Å². The number of nitrogens with one attached hydrogen (secondary N) is 1. The molecule has 0 bridgehead atoms. The Hall–Kier alpha value is -0.721. The molecule has 0 saturated heterocycles. The number of carbonyl (C=O) groups excluding carboxylic acids is 2. The molecule has 0 saturated carbocycles. The first-order valence-corrected chi connectivity index (χ1v) is 18.4. The van der Waals surface area contributed by atoms with Gasteiger partial charge in [-0.2, -0.15) is 0 Å². The molecule has 0 aromatic carbocycles. The number of hydrogen-bond acceptors (Lipinski definition) is 4. The van der Waals surface area contributed by atoms with E-state index in [4.69, 9.17) is 9.47 Å². The summed E-state index contributed by atoms with van der Waals surface area (Å²) in [5, 5.41) is 3.05. The van der Waals surface area contributed by atoms with E-state index >= 15 is 0 Å². The molecule has 0 heterocycles. The van der Waals surface area contributed by atoms with Crippen molar-refractivity contribution in [3.05, 3.63) is 9.67 Å². The van der Waals surface area contributed by atoms with Gasteiger partial charge in [-0.15, -0.1) is 0 Å². The second-order valence-corrected chi connectivity index (χ2v) is 21.3. The van der Waals surface area contributed by atoms with Crippen LogP contribution >= 0.6 is 0 Å². The van der Waals surface area contributed by atoms with E-state index in [0.29, 0.717) is 0 Å². The molecule has 0 aromatic heterocycles. The number of rotatable bonds is 14. The van der Waals surface area contributed by atoms with Crippen molar-refractivity contribution >= 4 is 30.4 Å². The molecule has 1 N–H and O–H groups in total. The molecule has 0 spiro atoms. The van der Waals surface area contributed by atoms with E-state index in [9.17, 15) is 9.59 Å². The molecule has 0 fully saturated rings. The van der Waals surface area contributed by atoms with Crippen LogP contribution in [0.1, 0.15) is 73.1 Å². The van der Waals surface area contributed by atoms with Crippen molar-refractivity contribution in [3.8, 4) is 0 Å². The van der Waals surface area contributed by atoms with Crippen molar-refractivity contribution in [2.45, 2.75) is 92.5 Å². The zero-order valence-electron chi connectivity index (χ0n) is 19.2. The van der Waals surface area contributed by atoms with Crippen molar-refractivity contribution in [1.82, 2.24) is 5.32 Å². The number of hydrogen-bond donors (Lipinski definition) is 1. The molecule has 1 amide bonds. The number of unbranched alkanes of at least 4 members (excludes halogenated alkanes) is 3. The quantitative estimate of drug-likeness (QED) is 0.183. The first kappa shape index (κ1) is 27.3. The van der Waals surface area contributed by atoms with Gasteiger partial charge in [0.1, 0.15) is 0 Å². The standard InChI is InChI=1S/C10H16NO4.3C4H9.Sn/c1-7(2)8(11-10(13)15-4)5-6-9(12)14-3;3*1-3-4-2;/h6-8H,1-4H3,(H,11,13);3*1,3-4H2,2H3;/t8-;;;;/m1..../s1. The second-order valence-electron chi connectivity index (χ2n) is 8.07. The van der Waals surface area contributed by atoms with Crippen LogP contribution < -0.4 is 5.32 Å². The fourth-order valence-electron chi connectivity index (χ4n) is 3.90. The predicted octanol–water partition coefficient (Wildman–Crippen LogP) is 5.85. The van der Waals surface area contributed by atoms with E-state index in [2.05, 4.69) is 39.9 Å². The number of amides is 1. The zero-order valence-corrected chi connectivity index (χ0v) is 22.1. The van der Waals surface area contributed by atoms with Gasteiger partial charge in [-0.1, -0.05) is 0 Å². The van der Waals surface area contributed by atoms with Crippen molar-refractivity contribution in [2.75, 3.05) is 14.2 Å². The van der Waals surface area contributed by atoms with E-state index < -0.39 is 24.5 Å². The summed E-state index contributed by atoms with van der Waals surface area (Å²) in [4.78, 5) is 24.5. The van der Waals surface area contributed by atoms with Gasteiger partial charge in [-0.05, 0) is 0 Å². The average molecular weight is 504 g/mol. The molecular weight excluding hydrogens is 461 g/mol. The van der Waals surface area contributed by atoms with Crippen LogP contribution in [-0.4, -0.2) is 50.7 Å². The topological polar surface area (TPSA) is 64.6 Å². The third-order valence-corrected chi connectivity index (χ3v) is 21.6. The van der Waals surface area contributed by atoms with Gasteiger partial charge in [0.15, 0.2) is 0 Å². The summed E-state index contributed by atoms with van der Waals surface area (Å²) in [6.07, 6.45) is 8.31. The molecular formula is C22H43NO4Sn. The molecule has 1 atom stereocenters. The van der Waals surface area contributed by atoms with Gasteiger partial charge in [-0.3, -0.25) is 0 Å². The van der Waals surface area contributed by atoms with Gasteiger partial charge in [-0.25, -0.2) is 0 Å². The average Bonchev–Trinajstić information content (AvgIpc) is 2.69. The number of ether oxygens (including phenoxy) is 2. The molecule has 0 aromatic rings. The third kappa shape index (κ3) is 9.18. The van der Waals surface area contributed by atoms with E-state index in [1.165, 1.54) is 50.4 Å². The molecule has 28 heavy (non-hydrogen) atoms. The summed E-state index contributed by atoms with van der Waals surface area (Å²) in [7, 11) is 2.81. The number of alkyl carbamates (subject to hydrolysis) is 1. The van der Waals surface area contributed by atoms with Crippen molar-refractivity contribution in [2.24, 2.45) is 5.92 Å². The van der Waals surface area contributed by atoms with Crippen LogP contribution in [0.5, 0.6) is 0 Å². The van der Waals surface area contributed by atoms with Crippen LogP contribution in [0, 0.1) is 5.92 Å². The second kappa shape index (κ2) is 15.2. The van der Waals surface area contributed by atoms with Crippen LogP contribution in [0.4, 0.5) is 4.79 Å². The van der Waals surface area contributed by atoms with Crippen LogP contribution in [-0.2, 0) is 14.3 Å². The summed E-state index contributed by atoms with van der Waals surface area (Å²) in [5.41, 5.74) is 0. The van der Waals surface area contributed by atoms with Gasteiger partial charge >= 0.3 is 177 Å². The van der Waals surface area contributed by atoms with E-state index in [0.717, 1.165) is 19.3 Å². The van der Waals surface area contributed by atoms with Gasteiger partial charge in [0.25, 0.3) is 0 Å². The van der Waals surface area contributed by atoms with Crippen molar-refractivity contribution in [3.63, 3.8) is 0 Å². The first-order chi connectivity index (χ1) is 13.3. The molecule has 0 radical (unpaired) electrons. The molecule has 6 heteroatoms.